The van der Waals surface area contributed by atoms with Crippen LogP contribution in [0.4, 0.5) is 0 Å². The molecular weight excluding hydrogens is 444 g/mol. The average molecular weight is 469 g/mol. The van der Waals surface area contributed by atoms with Crippen LogP contribution in [0.25, 0.3) is 38.9 Å². The molecule has 1 fully saturated rings. The van der Waals surface area contributed by atoms with Gasteiger partial charge in [0, 0.05) is 41.9 Å². The molecule has 34 heavy (non-hydrogen) atoms. The Hall–Kier alpha value is -3.28. The van der Waals surface area contributed by atoms with Crippen LogP contribution in [0, 0.1) is 0 Å². The summed E-state index contributed by atoms with van der Waals surface area (Å²) < 4.78 is 7.70. The van der Waals surface area contributed by atoms with E-state index in [0.717, 1.165) is 70.4 Å². The molecule has 3 aromatic heterocycles. The summed E-state index contributed by atoms with van der Waals surface area (Å²) in [5.74, 6) is 1.42. The summed E-state index contributed by atoms with van der Waals surface area (Å²) in [5, 5.41) is 1.56. The van der Waals surface area contributed by atoms with Crippen LogP contribution >= 0.6 is 11.6 Å². The maximum atomic E-state index is 6.63. The van der Waals surface area contributed by atoms with E-state index >= 15 is 0 Å². The zero-order valence-electron chi connectivity index (χ0n) is 19.0. The number of ether oxygens (including phenoxy) is 1. The normalized spacial score (nSPS) is 18.5. The lowest BCUT2D eigenvalue weighted by atomic mass is 9.87. The third kappa shape index (κ3) is 3.75. The average Bonchev–Trinajstić information content (AvgIpc) is 3.30. The topological polar surface area (TPSA) is 52.3 Å². The van der Waals surface area contributed by atoms with Crippen LogP contribution in [0.3, 0.4) is 0 Å². The van der Waals surface area contributed by atoms with Crippen LogP contribution < -0.4 is 0 Å². The van der Waals surface area contributed by atoms with Crippen LogP contribution in [0.1, 0.15) is 37.4 Å². The molecule has 6 heteroatoms. The number of hydrogen-bond acceptors (Lipinski definition) is 4. The summed E-state index contributed by atoms with van der Waals surface area (Å²) in [6, 6.07) is 20.7. The summed E-state index contributed by atoms with van der Waals surface area (Å²) in [6.45, 7) is 0. The molecule has 1 saturated carbocycles. The van der Waals surface area contributed by atoms with Gasteiger partial charge in [0.1, 0.15) is 11.3 Å². The van der Waals surface area contributed by atoms with Gasteiger partial charge < -0.3 is 4.74 Å². The largest absolute Gasteiger partial charge is 0.381 e. The summed E-state index contributed by atoms with van der Waals surface area (Å²) >= 11 is 6.63. The number of pyridine rings is 1. The molecule has 0 N–H and O–H groups in total. The molecule has 0 amide bonds. The van der Waals surface area contributed by atoms with Crippen molar-refractivity contribution in [2.75, 3.05) is 7.11 Å². The highest BCUT2D eigenvalue weighted by Crippen LogP contribution is 2.38. The molecule has 1 aliphatic carbocycles. The van der Waals surface area contributed by atoms with E-state index in [1.165, 1.54) is 0 Å². The smallest absolute Gasteiger partial charge is 0.155 e. The van der Waals surface area contributed by atoms with Crippen LogP contribution in [0.5, 0.6) is 0 Å². The Labute approximate surface area is 203 Å². The summed E-state index contributed by atoms with van der Waals surface area (Å²) in [4.78, 5) is 14.5. The van der Waals surface area contributed by atoms with Gasteiger partial charge in [-0.2, -0.15) is 0 Å². The molecule has 0 atom stereocenters. The van der Waals surface area contributed by atoms with Gasteiger partial charge in [0.15, 0.2) is 5.15 Å². The number of halogens is 1. The molecule has 5 aromatic rings. The van der Waals surface area contributed by atoms with E-state index in [2.05, 4.69) is 51.8 Å². The third-order valence-corrected chi connectivity index (χ3v) is 7.22. The zero-order chi connectivity index (χ0) is 23.1. The van der Waals surface area contributed by atoms with Crippen LogP contribution in [-0.4, -0.2) is 32.6 Å². The molecule has 2 aromatic carbocycles. The van der Waals surface area contributed by atoms with Crippen molar-refractivity contribution in [2.45, 2.75) is 37.7 Å². The lowest BCUT2D eigenvalue weighted by Crippen LogP contribution is -2.20. The number of imidazole rings is 1. The molecule has 0 saturated heterocycles. The van der Waals surface area contributed by atoms with Gasteiger partial charge in [-0.05, 0) is 37.8 Å². The van der Waals surface area contributed by atoms with Crippen LogP contribution in [-0.2, 0) is 4.74 Å². The van der Waals surface area contributed by atoms with Gasteiger partial charge in [-0.25, -0.2) is 15.0 Å². The number of aromatic nitrogens is 4. The number of nitrogens with zero attached hydrogens (tertiary/aromatic N) is 4. The molecule has 1 aliphatic rings. The Kier molecular flexibility index (Phi) is 5.52. The minimum atomic E-state index is 0.345. The SMILES string of the molecule is CO[C@H]1CC[C@@H](c2nc(-c3ccc4ccc(-c5ccccc5)nc4c3)c3c(Cl)nccn32)CC1. The van der Waals surface area contributed by atoms with Crippen molar-refractivity contribution >= 4 is 28.0 Å². The van der Waals surface area contributed by atoms with Crippen molar-refractivity contribution in [1.82, 2.24) is 19.4 Å². The van der Waals surface area contributed by atoms with E-state index in [9.17, 15) is 0 Å². The predicted octanol–water partition coefficient (Wildman–Crippen LogP) is 6.94. The highest BCUT2D eigenvalue weighted by Gasteiger charge is 2.27. The molecule has 3 heterocycles. The maximum absolute atomic E-state index is 6.63. The number of hydrogen-bond donors (Lipinski definition) is 0. The van der Waals surface area contributed by atoms with Gasteiger partial charge in [-0.1, -0.05) is 60.1 Å². The summed E-state index contributed by atoms with van der Waals surface area (Å²) in [7, 11) is 1.80. The second-order valence-electron chi connectivity index (χ2n) is 8.93. The first kappa shape index (κ1) is 21.3. The number of benzene rings is 2. The van der Waals surface area contributed by atoms with Crippen molar-refractivity contribution in [2.24, 2.45) is 0 Å². The van der Waals surface area contributed by atoms with Gasteiger partial charge in [0.05, 0.1) is 23.0 Å². The molecular formula is C28H25ClN4O. The van der Waals surface area contributed by atoms with Gasteiger partial charge in [-0.3, -0.25) is 4.40 Å². The minimum Gasteiger partial charge on any atom is -0.381 e. The highest BCUT2D eigenvalue weighted by molar-refractivity contribution is 6.33. The standard InChI is InChI=1S/C28H25ClN4O/c1-34-22-12-9-20(10-13-22)28-32-25(26-27(29)30-15-16-33(26)28)21-8-7-19-11-14-23(31-24(19)17-21)18-5-3-2-4-6-18/h2-8,11,14-17,20,22H,9-10,12-13H2,1H3/t20-,22+. The first-order valence-electron chi connectivity index (χ1n) is 11.7. The third-order valence-electron chi connectivity index (χ3n) is 6.95. The maximum Gasteiger partial charge on any atom is 0.155 e. The number of methoxy groups -OCH3 is 1. The number of fused-ring (bicyclic) bond motifs is 2. The first-order chi connectivity index (χ1) is 16.7. The molecule has 170 valence electrons. The van der Waals surface area contributed by atoms with Crippen molar-refractivity contribution in [1.29, 1.82) is 0 Å². The molecule has 0 unspecified atom stereocenters. The van der Waals surface area contributed by atoms with Crippen molar-refractivity contribution in [3.63, 3.8) is 0 Å². The minimum absolute atomic E-state index is 0.345. The second-order valence-corrected chi connectivity index (χ2v) is 9.29. The van der Waals surface area contributed by atoms with Gasteiger partial charge in [-0.15, -0.1) is 0 Å². The lowest BCUT2D eigenvalue weighted by molar-refractivity contribution is 0.0650. The molecule has 5 nitrogen and oxygen atoms in total. The monoisotopic (exact) mass is 468 g/mol. The Bertz CT molecular complexity index is 1470. The van der Waals surface area contributed by atoms with E-state index in [0.29, 0.717) is 17.2 Å². The molecule has 0 bridgehead atoms. The first-order valence-corrected chi connectivity index (χ1v) is 12.1. The fraction of sp³-hybridized carbons (Fsp3) is 0.250. The van der Waals surface area contributed by atoms with Crippen molar-refractivity contribution in [3.8, 4) is 22.5 Å². The Balaban J connectivity index is 1.46. The van der Waals surface area contributed by atoms with Crippen molar-refractivity contribution < 1.29 is 4.74 Å². The Morgan fingerprint density at radius 2 is 1.71 bits per heavy atom. The van der Waals surface area contributed by atoms with Crippen LogP contribution in [0.15, 0.2) is 73.1 Å². The van der Waals surface area contributed by atoms with E-state index in [1.54, 1.807) is 13.3 Å². The van der Waals surface area contributed by atoms with Gasteiger partial charge in [0.25, 0.3) is 0 Å². The van der Waals surface area contributed by atoms with Crippen LogP contribution in [0.2, 0.25) is 5.15 Å². The predicted molar refractivity (Wildman–Crippen MR) is 136 cm³/mol. The summed E-state index contributed by atoms with van der Waals surface area (Å²) in [6.07, 6.45) is 8.27. The van der Waals surface area contributed by atoms with Gasteiger partial charge >= 0.3 is 0 Å². The molecule has 0 spiro atoms. The van der Waals surface area contributed by atoms with Crippen molar-refractivity contribution in [3.05, 3.63) is 84.0 Å². The van der Waals surface area contributed by atoms with E-state index < -0.39 is 0 Å². The Morgan fingerprint density at radius 3 is 2.50 bits per heavy atom. The molecule has 0 aliphatic heterocycles. The van der Waals surface area contributed by atoms with E-state index in [1.807, 2.05) is 24.4 Å². The fourth-order valence-corrected chi connectivity index (χ4v) is 5.34. The summed E-state index contributed by atoms with van der Waals surface area (Å²) in [5.41, 5.74) is 5.69. The number of rotatable bonds is 4. The zero-order valence-corrected chi connectivity index (χ0v) is 19.7. The van der Waals surface area contributed by atoms with Gasteiger partial charge in [0.2, 0.25) is 0 Å². The second kappa shape index (κ2) is 8.82. The Morgan fingerprint density at radius 1 is 0.912 bits per heavy atom. The lowest BCUT2D eigenvalue weighted by Gasteiger charge is -2.26. The quantitative estimate of drug-likeness (QED) is 0.286. The van der Waals surface area contributed by atoms with E-state index in [4.69, 9.17) is 26.3 Å². The molecule has 0 radical (unpaired) electrons. The molecule has 6 rings (SSSR count). The fourth-order valence-electron chi connectivity index (χ4n) is 5.10. The van der Waals surface area contributed by atoms with E-state index in [-0.39, 0.29) is 0 Å². The highest BCUT2D eigenvalue weighted by atomic mass is 35.5.